The molecule has 0 aliphatic carbocycles. The van der Waals surface area contributed by atoms with Crippen LogP contribution < -0.4 is 5.73 Å². The van der Waals surface area contributed by atoms with Gasteiger partial charge in [-0.25, -0.2) is 0 Å². The lowest BCUT2D eigenvalue weighted by molar-refractivity contribution is 0.115. The molecular formula is C13H20N2O. The second kappa shape index (κ2) is 5.43. The Labute approximate surface area is 96.9 Å². The summed E-state index contributed by atoms with van der Waals surface area (Å²) in [5.41, 5.74) is 8.29. The number of aryl methyl sites for hydroxylation is 1. The molecule has 0 aromatic heterocycles. The minimum atomic E-state index is -0.398. The summed E-state index contributed by atoms with van der Waals surface area (Å²) in [7, 11) is 0. The van der Waals surface area contributed by atoms with Crippen molar-refractivity contribution in [3.63, 3.8) is 0 Å². The molecule has 1 aromatic rings. The summed E-state index contributed by atoms with van der Waals surface area (Å²) in [4.78, 5) is 2.30. The van der Waals surface area contributed by atoms with E-state index >= 15 is 0 Å². The molecule has 1 aliphatic rings. The van der Waals surface area contributed by atoms with Crippen LogP contribution in [0.4, 0.5) is 0 Å². The number of nitrogens with two attached hydrogens (primary N) is 1. The number of hydrogen-bond acceptors (Lipinski definition) is 3. The monoisotopic (exact) mass is 220 g/mol. The average molecular weight is 220 g/mol. The van der Waals surface area contributed by atoms with Gasteiger partial charge in [-0.15, -0.1) is 0 Å². The van der Waals surface area contributed by atoms with E-state index in [2.05, 4.69) is 29.2 Å². The third-order valence-electron chi connectivity index (χ3n) is 3.17. The minimum Gasteiger partial charge on any atom is -0.390 e. The van der Waals surface area contributed by atoms with Crippen molar-refractivity contribution in [3.8, 4) is 0 Å². The van der Waals surface area contributed by atoms with E-state index in [4.69, 9.17) is 5.73 Å². The van der Waals surface area contributed by atoms with Crippen LogP contribution in [-0.2, 0) is 13.0 Å². The number of aliphatic hydroxyl groups excluding tert-OH is 1. The summed E-state index contributed by atoms with van der Waals surface area (Å²) in [5.74, 6) is 0. The molecule has 16 heavy (non-hydrogen) atoms. The molecule has 3 nitrogen and oxygen atoms in total. The van der Waals surface area contributed by atoms with E-state index in [-0.39, 0.29) is 0 Å². The van der Waals surface area contributed by atoms with E-state index in [9.17, 15) is 5.11 Å². The molecule has 1 aromatic carbocycles. The maximum absolute atomic E-state index is 9.58. The van der Waals surface area contributed by atoms with E-state index in [1.54, 1.807) is 0 Å². The van der Waals surface area contributed by atoms with Gasteiger partial charge in [0.15, 0.2) is 0 Å². The lowest BCUT2D eigenvalue weighted by Gasteiger charge is -2.22. The Hall–Kier alpha value is -0.900. The number of aliphatic hydroxyl groups is 1. The highest BCUT2D eigenvalue weighted by Gasteiger charge is 2.15. The number of rotatable bonds is 3. The van der Waals surface area contributed by atoms with Gasteiger partial charge >= 0.3 is 0 Å². The fourth-order valence-corrected chi connectivity index (χ4v) is 2.30. The molecule has 1 unspecified atom stereocenters. The summed E-state index contributed by atoms with van der Waals surface area (Å²) < 4.78 is 0. The number of hydrogen-bond donors (Lipinski definition) is 2. The smallest absolute Gasteiger partial charge is 0.0789 e. The van der Waals surface area contributed by atoms with Crippen molar-refractivity contribution in [1.29, 1.82) is 0 Å². The molecule has 0 saturated carbocycles. The highest BCUT2D eigenvalue weighted by atomic mass is 16.3. The molecule has 0 spiro atoms. The zero-order chi connectivity index (χ0) is 11.4. The molecule has 0 saturated heterocycles. The molecule has 1 atom stereocenters. The fraction of sp³-hybridized carbons (Fsp3) is 0.538. The van der Waals surface area contributed by atoms with Crippen molar-refractivity contribution < 1.29 is 5.11 Å². The first kappa shape index (κ1) is 11.6. The molecule has 0 amide bonds. The van der Waals surface area contributed by atoms with E-state index in [0.717, 1.165) is 25.9 Å². The molecule has 0 fully saturated rings. The first-order valence-electron chi connectivity index (χ1n) is 5.97. The van der Waals surface area contributed by atoms with Crippen LogP contribution in [0.15, 0.2) is 24.3 Å². The molecular weight excluding hydrogens is 200 g/mol. The summed E-state index contributed by atoms with van der Waals surface area (Å²) in [6, 6.07) is 8.57. The molecule has 2 rings (SSSR count). The maximum Gasteiger partial charge on any atom is 0.0789 e. The van der Waals surface area contributed by atoms with Gasteiger partial charge in [-0.2, -0.15) is 0 Å². The van der Waals surface area contributed by atoms with Crippen LogP contribution in [0.1, 0.15) is 17.5 Å². The van der Waals surface area contributed by atoms with Gasteiger partial charge in [0, 0.05) is 19.6 Å². The quantitative estimate of drug-likeness (QED) is 0.790. The van der Waals surface area contributed by atoms with Crippen molar-refractivity contribution in [2.45, 2.75) is 25.5 Å². The molecule has 0 radical (unpaired) electrons. The van der Waals surface area contributed by atoms with Gasteiger partial charge in [0.05, 0.1) is 6.10 Å². The molecule has 1 aliphatic heterocycles. The van der Waals surface area contributed by atoms with Crippen LogP contribution in [0, 0.1) is 0 Å². The van der Waals surface area contributed by atoms with Crippen LogP contribution in [0.3, 0.4) is 0 Å². The topological polar surface area (TPSA) is 49.5 Å². The summed E-state index contributed by atoms with van der Waals surface area (Å²) in [6.07, 6.45) is 1.91. The Kier molecular flexibility index (Phi) is 3.93. The van der Waals surface area contributed by atoms with Gasteiger partial charge in [-0.1, -0.05) is 24.3 Å². The van der Waals surface area contributed by atoms with Crippen molar-refractivity contribution >= 4 is 0 Å². The Balaban J connectivity index is 2.05. The van der Waals surface area contributed by atoms with Gasteiger partial charge in [0.1, 0.15) is 0 Å². The van der Waals surface area contributed by atoms with Crippen molar-refractivity contribution in [3.05, 3.63) is 35.4 Å². The number of β-amino-alcohol motifs (C(OH)–C–C–N with tert-alkyl or cyclic N) is 1. The number of fused-ring (bicyclic) bond motifs is 1. The van der Waals surface area contributed by atoms with Crippen molar-refractivity contribution in [2.75, 3.05) is 19.6 Å². The van der Waals surface area contributed by atoms with E-state index in [1.165, 1.54) is 11.1 Å². The van der Waals surface area contributed by atoms with E-state index in [0.29, 0.717) is 13.1 Å². The number of nitrogens with zero attached hydrogens (tertiary/aromatic N) is 1. The van der Waals surface area contributed by atoms with Gasteiger partial charge in [0.25, 0.3) is 0 Å². The van der Waals surface area contributed by atoms with Crippen LogP contribution in [-0.4, -0.2) is 35.7 Å². The minimum absolute atomic E-state index is 0.345. The van der Waals surface area contributed by atoms with Crippen LogP contribution >= 0.6 is 0 Å². The van der Waals surface area contributed by atoms with Crippen LogP contribution in [0.2, 0.25) is 0 Å². The maximum atomic E-state index is 9.58. The first-order chi connectivity index (χ1) is 7.79. The Morgan fingerprint density at radius 3 is 2.81 bits per heavy atom. The molecule has 1 heterocycles. The second-order valence-corrected chi connectivity index (χ2v) is 4.50. The van der Waals surface area contributed by atoms with Crippen LogP contribution in [0.25, 0.3) is 0 Å². The third-order valence-corrected chi connectivity index (χ3v) is 3.17. The third kappa shape index (κ3) is 2.82. The SMILES string of the molecule is NCC(O)CN1CCCc2ccccc2C1. The fourth-order valence-electron chi connectivity index (χ4n) is 2.30. The van der Waals surface area contributed by atoms with Crippen LogP contribution in [0.5, 0.6) is 0 Å². The second-order valence-electron chi connectivity index (χ2n) is 4.50. The zero-order valence-electron chi connectivity index (χ0n) is 9.60. The van der Waals surface area contributed by atoms with Gasteiger partial charge in [-0.3, -0.25) is 4.90 Å². The summed E-state index contributed by atoms with van der Waals surface area (Å²) >= 11 is 0. The van der Waals surface area contributed by atoms with Gasteiger partial charge in [-0.05, 0) is 30.5 Å². The Bertz CT molecular complexity index is 340. The first-order valence-corrected chi connectivity index (χ1v) is 5.97. The zero-order valence-corrected chi connectivity index (χ0v) is 9.60. The lowest BCUT2D eigenvalue weighted by atomic mass is 10.0. The molecule has 3 N–H and O–H groups in total. The highest BCUT2D eigenvalue weighted by molar-refractivity contribution is 5.27. The molecule has 3 heteroatoms. The highest BCUT2D eigenvalue weighted by Crippen LogP contribution is 2.18. The Morgan fingerprint density at radius 2 is 2.06 bits per heavy atom. The van der Waals surface area contributed by atoms with E-state index in [1.807, 2.05) is 0 Å². The van der Waals surface area contributed by atoms with Gasteiger partial charge in [0.2, 0.25) is 0 Å². The molecule has 88 valence electrons. The van der Waals surface area contributed by atoms with E-state index < -0.39 is 6.10 Å². The van der Waals surface area contributed by atoms with Crippen molar-refractivity contribution in [2.24, 2.45) is 5.73 Å². The predicted molar refractivity (Wildman–Crippen MR) is 65.1 cm³/mol. The standard InChI is InChI=1S/C13H20N2O/c14-8-13(16)10-15-7-3-6-11-4-1-2-5-12(11)9-15/h1-2,4-5,13,16H,3,6-10,14H2. The van der Waals surface area contributed by atoms with Crippen molar-refractivity contribution in [1.82, 2.24) is 4.90 Å². The lowest BCUT2D eigenvalue weighted by Crippen LogP contribution is -2.36. The number of benzene rings is 1. The summed E-state index contributed by atoms with van der Waals surface area (Å²) in [5, 5.41) is 9.58. The Morgan fingerprint density at radius 1 is 1.31 bits per heavy atom. The largest absolute Gasteiger partial charge is 0.390 e. The predicted octanol–water partition coefficient (Wildman–Crippen LogP) is 0.754. The summed E-state index contributed by atoms with van der Waals surface area (Å²) in [6.45, 7) is 3.02. The normalized spacial score (nSPS) is 18.9. The average Bonchev–Trinajstić information content (AvgIpc) is 2.50. The van der Waals surface area contributed by atoms with Gasteiger partial charge < -0.3 is 10.8 Å². The molecule has 0 bridgehead atoms.